The van der Waals surface area contributed by atoms with E-state index in [2.05, 4.69) is 114 Å². The van der Waals surface area contributed by atoms with Gasteiger partial charge in [-0.2, -0.15) is 0 Å². The van der Waals surface area contributed by atoms with E-state index in [1.807, 2.05) is 12.3 Å². The zero-order valence-electron chi connectivity index (χ0n) is 17.4. The Kier molecular flexibility index (Phi) is 3.76. The van der Waals surface area contributed by atoms with Gasteiger partial charge in [0.2, 0.25) is 0 Å². The van der Waals surface area contributed by atoms with Crippen molar-refractivity contribution in [1.82, 2.24) is 9.55 Å². The Bertz CT molecular complexity index is 1580. The number of aromatic nitrogens is 2. The van der Waals surface area contributed by atoms with Crippen LogP contribution in [0.15, 0.2) is 121 Å². The van der Waals surface area contributed by atoms with E-state index in [1.165, 1.54) is 39.6 Å². The van der Waals surface area contributed by atoms with Crippen LogP contribution in [-0.4, -0.2) is 22.8 Å². The molecule has 0 amide bonds. The minimum absolute atomic E-state index is 1.04. The molecule has 4 aromatic carbocycles. The standard InChI is InChI=1S/C29H20GeN2/c1-3-11-21(12-4-1)30(22-13-5-2-6-14-22)25-17-7-8-19-27(25)32-28-23(15-9-18-26(28)30)24-16-10-20-31-29(24)32/h1-20H. The third-order valence-electron chi connectivity index (χ3n) is 6.91. The average molecular weight is 469 g/mol. The van der Waals surface area contributed by atoms with Crippen molar-refractivity contribution >= 4 is 52.8 Å². The SMILES string of the molecule is c1cc[c]([Ge]2([c]3ccccc3)[c]3ccccc3-n3c4ncccc4c4ccc[c]2c43)cc1. The van der Waals surface area contributed by atoms with Gasteiger partial charge in [0.15, 0.2) is 0 Å². The number of para-hydroxylation sites is 2. The molecule has 0 saturated carbocycles. The molecule has 1 aliphatic rings. The molecule has 150 valence electrons. The van der Waals surface area contributed by atoms with Crippen LogP contribution in [0.2, 0.25) is 0 Å². The summed E-state index contributed by atoms with van der Waals surface area (Å²) in [6, 6.07) is 42.6. The predicted molar refractivity (Wildman–Crippen MR) is 136 cm³/mol. The van der Waals surface area contributed by atoms with Crippen LogP contribution < -0.4 is 17.6 Å². The van der Waals surface area contributed by atoms with Gasteiger partial charge in [0.25, 0.3) is 0 Å². The minimum atomic E-state index is -3.25. The molecule has 3 heterocycles. The summed E-state index contributed by atoms with van der Waals surface area (Å²) in [6.45, 7) is 0. The molecular weight excluding hydrogens is 449 g/mol. The molecule has 0 saturated heterocycles. The van der Waals surface area contributed by atoms with E-state index in [9.17, 15) is 0 Å². The Balaban J connectivity index is 1.79. The van der Waals surface area contributed by atoms with E-state index in [0.29, 0.717) is 0 Å². The van der Waals surface area contributed by atoms with Crippen LogP contribution >= 0.6 is 0 Å². The van der Waals surface area contributed by atoms with Crippen molar-refractivity contribution in [2.24, 2.45) is 0 Å². The fourth-order valence-electron chi connectivity index (χ4n) is 5.73. The molecule has 2 nitrogen and oxygen atoms in total. The molecule has 0 fully saturated rings. The first-order valence-electron chi connectivity index (χ1n) is 11.0. The second kappa shape index (κ2) is 6.68. The van der Waals surface area contributed by atoms with Gasteiger partial charge in [0.1, 0.15) is 0 Å². The van der Waals surface area contributed by atoms with Crippen molar-refractivity contribution < 1.29 is 0 Å². The Morgan fingerprint density at radius 1 is 0.531 bits per heavy atom. The molecule has 1 aliphatic heterocycles. The zero-order chi connectivity index (χ0) is 21.1. The molecule has 0 aliphatic carbocycles. The molecule has 6 aromatic rings. The topological polar surface area (TPSA) is 17.8 Å². The second-order valence-electron chi connectivity index (χ2n) is 8.41. The second-order valence-corrected chi connectivity index (χ2v) is 16.2. The summed E-state index contributed by atoms with van der Waals surface area (Å²) in [5.74, 6) is 0. The number of hydrogen-bond acceptors (Lipinski definition) is 1. The summed E-state index contributed by atoms with van der Waals surface area (Å²) in [5.41, 5.74) is 3.64. The van der Waals surface area contributed by atoms with Gasteiger partial charge in [-0.05, 0) is 0 Å². The number of rotatable bonds is 2. The molecule has 0 bridgehead atoms. The van der Waals surface area contributed by atoms with Crippen LogP contribution in [0, 0.1) is 0 Å². The van der Waals surface area contributed by atoms with Crippen molar-refractivity contribution in [1.29, 1.82) is 0 Å². The molecule has 7 rings (SSSR count). The molecule has 3 heteroatoms. The first-order chi connectivity index (χ1) is 15.9. The number of fused-ring (bicyclic) bond motifs is 5. The van der Waals surface area contributed by atoms with Crippen molar-refractivity contribution in [3.8, 4) is 5.69 Å². The van der Waals surface area contributed by atoms with Gasteiger partial charge in [0, 0.05) is 0 Å². The van der Waals surface area contributed by atoms with Crippen LogP contribution in [0.1, 0.15) is 0 Å². The Hall–Kier alpha value is -3.63. The van der Waals surface area contributed by atoms with Crippen LogP contribution in [0.25, 0.3) is 27.6 Å². The molecule has 32 heavy (non-hydrogen) atoms. The molecule has 0 N–H and O–H groups in total. The van der Waals surface area contributed by atoms with Gasteiger partial charge in [-0.15, -0.1) is 0 Å². The van der Waals surface area contributed by atoms with Crippen molar-refractivity contribution in [2.45, 2.75) is 0 Å². The average Bonchev–Trinajstić information content (AvgIpc) is 3.22. The van der Waals surface area contributed by atoms with Gasteiger partial charge in [-0.3, -0.25) is 0 Å². The van der Waals surface area contributed by atoms with Gasteiger partial charge in [-0.1, -0.05) is 0 Å². The van der Waals surface area contributed by atoms with Crippen LogP contribution in [0.3, 0.4) is 0 Å². The van der Waals surface area contributed by atoms with E-state index in [0.717, 1.165) is 5.65 Å². The quantitative estimate of drug-likeness (QED) is 0.352. The summed E-state index contributed by atoms with van der Waals surface area (Å²) in [5, 5.41) is 2.51. The van der Waals surface area contributed by atoms with E-state index in [1.54, 1.807) is 0 Å². The van der Waals surface area contributed by atoms with E-state index in [-0.39, 0.29) is 0 Å². The predicted octanol–water partition coefficient (Wildman–Crippen LogP) is 3.87. The van der Waals surface area contributed by atoms with Crippen molar-refractivity contribution in [2.75, 3.05) is 0 Å². The zero-order valence-corrected chi connectivity index (χ0v) is 19.5. The first kappa shape index (κ1) is 18.0. The number of benzene rings is 4. The van der Waals surface area contributed by atoms with Crippen LogP contribution in [0.4, 0.5) is 0 Å². The fraction of sp³-hybridized carbons (Fsp3) is 0. The molecular formula is C29H20GeN2. The molecule has 0 atom stereocenters. The van der Waals surface area contributed by atoms with Crippen LogP contribution in [-0.2, 0) is 0 Å². The Morgan fingerprint density at radius 3 is 1.91 bits per heavy atom. The third kappa shape index (κ3) is 2.17. The number of hydrogen-bond donors (Lipinski definition) is 0. The molecule has 0 radical (unpaired) electrons. The van der Waals surface area contributed by atoms with E-state index >= 15 is 0 Å². The van der Waals surface area contributed by atoms with E-state index in [4.69, 9.17) is 4.98 Å². The molecule has 0 spiro atoms. The fourth-order valence-corrected chi connectivity index (χ4v) is 16.5. The monoisotopic (exact) mass is 470 g/mol. The van der Waals surface area contributed by atoms with Crippen LogP contribution in [0.5, 0.6) is 0 Å². The molecule has 0 unspecified atom stereocenters. The maximum absolute atomic E-state index is 4.84. The molecule has 2 aromatic heterocycles. The van der Waals surface area contributed by atoms with Crippen molar-refractivity contribution in [3.05, 3.63) is 121 Å². The Morgan fingerprint density at radius 2 is 1.16 bits per heavy atom. The Labute approximate surface area is 189 Å². The summed E-state index contributed by atoms with van der Waals surface area (Å²) in [4.78, 5) is 4.84. The van der Waals surface area contributed by atoms with Gasteiger partial charge in [0.05, 0.1) is 0 Å². The third-order valence-corrected chi connectivity index (χ3v) is 17.1. The summed E-state index contributed by atoms with van der Waals surface area (Å²) in [7, 11) is 0. The summed E-state index contributed by atoms with van der Waals surface area (Å²) < 4.78 is 8.28. The summed E-state index contributed by atoms with van der Waals surface area (Å²) >= 11 is -3.25. The maximum atomic E-state index is 4.84. The van der Waals surface area contributed by atoms with E-state index < -0.39 is 13.3 Å². The van der Waals surface area contributed by atoms with Gasteiger partial charge >= 0.3 is 189 Å². The summed E-state index contributed by atoms with van der Waals surface area (Å²) in [6.07, 6.45) is 1.91. The van der Waals surface area contributed by atoms with Gasteiger partial charge < -0.3 is 0 Å². The number of pyridine rings is 1. The first-order valence-corrected chi connectivity index (χ1v) is 15.2. The normalized spacial score (nSPS) is 13.9. The number of nitrogens with zero attached hydrogens (tertiary/aromatic N) is 2. The van der Waals surface area contributed by atoms with Gasteiger partial charge in [-0.25, -0.2) is 0 Å². The van der Waals surface area contributed by atoms with Crippen molar-refractivity contribution in [3.63, 3.8) is 0 Å².